The van der Waals surface area contributed by atoms with E-state index in [-0.39, 0.29) is 29.4 Å². The number of hydrogen-bond acceptors (Lipinski definition) is 5. The number of hydrogen-bond donors (Lipinski definition) is 1. The van der Waals surface area contributed by atoms with Gasteiger partial charge in [-0.15, -0.1) is 0 Å². The predicted octanol–water partition coefficient (Wildman–Crippen LogP) is 2.11. The van der Waals surface area contributed by atoms with Crippen LogP contribution in [0.5, 0.6) is 0 Å². The van der Waals surface area contributed by atoms with E-state index in [1.165, 1.54) is 22.5 Å². The lowest BCUT2D eigenvalue weighted by Crippen LogP contribution is -2.53. The Labute approximate surface area is 137 Å². The Balaban J connectivity index is 2.46. The maximum absolute atomic E-state index is 12.8. The molecule has 1 atom stereocenters. The Kier molecular flexibility index (Phi) is 4.63. The molecule has 0 amide bonds. The van der Waals surface area contributed by atoms with Crippen LogP contribution in [0.3, 0.4) is 0 Å². The molecule has 1 saturated heterocycles. The van der Waals surface area contributed by atoms with Crippen molar-refractivity contribution in [3.8, 4) is 0 Å². The number of piperidine rings is 1. The van der Waals surface area contributed by atoms with Crippen molar-refractivity contribution >= 4 is 31.6 Å². The van der Waals surface area contributed by atoms with Gasteiger partial charge in [0.1, 0.15) is 0 Å². The largest absolute Gasteiger partial charge is 0.327 e. The number of nitrogens with two attached hydrogens (primary N) is 1. The summed E-state index contributed by atoms with van der Waals surface area (Å²) < 4.78 is 27.3. The minimum Gasteiger partial charge on any atom is -0.327 e. The van der Waals surface area contributed by atoms with Crippen LogP contribution in [-0.2, 0) is 10.0 Å². The summed E-state index contributed by atoms with van der Waals surface area (Å²) in [6.45, 7) is 4.30. The molecule has 1 aliphatic heterocycles. The van der Waals surface area contributed by atoms with Crippen molar-refractivity contribution in [3.05, 3.63) is 32.8 Å². The maximum atomic E-state index is 12.8. The summed E-state index contributed by atoms with van der Waals surface area (Å²) in [7, 11) is -3.93. The average molecular weight is 392 g/mol. The molecule has 1 aromatic rings. The number of nitrogens with zero attached hydrogens (tertiary/aromatic N) is 2. The number of benzene rings is 1. The molecule has 1 aliphatic rings. The van der Waals surface area contributed by atoms with Crippen molar-refractivity contribution < 1.29 is 13.3 Å². The third-order valence-corrected chi connectivity index (χ3v) is 6.40. The number of nitro benzene ring substituents is 1. The summed E-state index contributed by atoms with van der Waals surface area (Å²) >= 11 is 3.12. The van der Waals surface area contributed by atoms with Gasteiger partial charge in [0.25, 0.3) is 5.69 Å². The van der Waals surface area contributed by atoms with Gasteiger partial charge in [0.05, 0.1) is 4.92 Å². The van der Waals surface area contributed by atoms with E-state index < -0.39 is 20.6 Å². The van der Waals surface area contributed by atoms with Crippen molar-refractivity contribution in [1.29, 1.82) is 0 Å². The second kappa shape index (κ2) is 5.88. The van der Waals surface area contributed by atoms with Crippen molar-refractivity contribution in [1.82, 2.24) is 4.31 Å². The molecule has 2 rings (SSSR count). The summed E-state index contributed by atoms with van der Waals surface area (Å²) in [6, 6.07) is 3.85. The fourth-order valence-electron chi connectivity index (χ4n) is 2.52. The Morgan fingerprint density at radius 2 is 2.09 bits per heavy atom. The minimum absolute atomic E-state index is 0.0983. The average Bonchev–Trinajstić information content (AvgIpc) is 2.41. The highest BCUT2D eigenvalue weighted by molar-refractivity contribution is 9.10. The molecule has 0 radical (unpaired) electrons. The van der Waals surface area contributed by atoms with Crippen LogP contribution < -0.4 is 5.73 Å². The molecule has 1 unspecified atom stereocenters. The number of nitro groups is 1. The van der Waals surface area contributed by atoms with Crippen LogP contribution in [0.15, 0.2) is 27.6 Å². The van der Waals surface area contributed by atoms with Gasteiger partial charge in [-0.25, -0.2) is 8.42 Å². The van der Waals surface area contributed by atoms with Gasteiger partial charge in [-0.3, -0.25) is 10.1 Å². The van der Waals surface area contributed by atoms with E-state index in [9.17, 15) is 18.5 Å². The zero-order valence-electron chi connectivity index (χ0n) is 12.3. The van der Waals surface area contributed by atoms with Crippen LogP contribution in [0.1, 0.15) is 20.3 Å². The van der Waals surface area contributed by atoms with E-state index in [4.69, 9.17) is 5.73 Å². The summed E-state index contributed by atoms with van der Waals surface area (Å²) in [6.07, 6.45) is 0.524. The van der Waals surface area contributed by atoms with E-state index in [2.05, 4.69) is 15.9 Å². The molecule has 1 aromatic carbocycles. The molecule has 0 aromatic heterocycles. The minimum atomic E-state index is -3.93. The summed E-state index contributed by atoms with van der Waals surface area (Å²) in [5, 5.41) is 11.2. The molecule has 9 heteroatoms. The first-order valence-corrected chi connectivity index (χ1v) is 8.99. The maximum Gasteiger partial charge on any atom is 0.290 e. The molecule has 122 valence electrons. The van der Waals surface area contributed by atoms with Crippen LogP contribution in [0.4, 0.5) is 5.69 Å². The van der Waals surface area contributed by atoms with Crippen molar-refractivity contribution in [3.63, 3.8) is 0 Å². The Hall–Kier alpha value is -1.03. The van der Waals surface area contributed by atoms with E-state index >= 15 is 0 Å². The lowest BCUT2D eigenvalue weighted by molar-refractivity contribution is -0.387. The third kappa shape index (κ3) is 3.17. The highest BCUT2D eigenvalue weighted by Crippen LogP contribution is 2.34. The van der Waals surface area contributed by atoms with Crippen molar-refractivity contribution in [2.45, 2.75) is 31.2 Å². The molecule has 0 aliphatic carbocycles. The fourth-order valence-corrected chi connectivity index (χ4v) is 4.63. The van der Waals surface area contributed by atoms with E-state index in [1.807, 2.05) is 13.8 Å². The van der Waals surface area contributed by atoms with Crippen LogP contribution in [0, 0.1) is 15.5 Å². The smallest absolute Gasteiger partial charge is 0.290 e. The van der Waals surface area contributed by atoms with Crippen LogP contribution in [0.25, 0.3) is 0 Å². The standard InChI is InChI=1S/C13H18BrN3O4S/c1-13(2)8-16(6-5-12(13)15)22(20,21)11-4-3-9(14)7-10(11)17(18)19/h3-4,7,12H,5-6,8,15H2,1-2H3. The van der Waals surface area contributed by atoms with Gasteiger partial charge in [-0.05, 0) is 24.0 Å². The second-order valence-electron chi connectivity index (χ2n) is 6.09. The monoisotopic (exact) mass is 391 g/mol. The molecule has 2 N–H and O–H groups in total. The molecule has 1 heterocycles. The van der Waals surface area contributed by atoms with Gasteiger partial charge >= 0.3 is 0 Å². The molecular weight excluding hydrogens is 374 g/mol. The Morgan fingerprint density at radius 1 is 1.45 bits per heavy atom. The van der Waals surface area contributed by atoms with Gasteiger partial charge in [0.15, 0.2) is 4.90 Å². The molecule has 7 nitrogen and oxygen atoms in total. The lowest BCUT2D eigenvalue weighted by Gasteiger charge is -2.41. The van der Waals surface area contributed by atoms with E-state index in [0.29, 0.717) is 10.9 Å². The molecular formula is C13H18BrN3O4S. The first-order valence-electron chi connectivity index (χ1n) is 6.75. The summed E-state index contributed by atoms with van der Waals surface area (Å²) in [5.41, 5.74) is 5.21. The van der Waals surface area contributed by atoms with Gasteiger partial charge in [-0.2, -0.15) is 4.31 Å². The van der Waals surface area contributed by atoms with Crippen LogP contribution in [-0.4, -0.2) is 36.8 Å². The summed E-state index contributed by atoms with van der Waals surface area (Å²) in [4.78, 5) is 10.2. The quantitative estimate of drug-likeness (QED) is 0.626. The van der Waals surface area contributed by atoms with E-state index in [1.54, 1.807) is 0 Å². The second-order valence-corrected chi connectivity index (χ2v) is 8.91. The molecule has 1 fully saturated rings. The highest BCUT2D eigenvalue weighted by atomic mass is 79.9. The molecule has 22 heavy (non-hydrogen) atoms. The number of sulfonamides is 1. The van der Waals surface area contributed by atoms with Crippen LogP contribution in [0.2, 0.25) is 0 Å². The Bertz CT molecular complexity index is 705. The van der Waals surface area contributed by atoms with Gasteiger partial charge < -0.3 is 5.73 Å². The topological polar surface area (TPSA) is 107 Å². The normalized spacial score (nSPS) is 22.5. The SMILES string of the molecule is CC1(C)CN(S(=O)(=O)c2ccc(Br)cc2[N+](=O)[O-])CCC1N. The molecule has 0 bridgehead atoms. The number of halogens is 1. The number of rotatable bonds is 3. The summed E-state index contributed by atoms with van der Waals surface area (Å²) in [5.74, 6) is 0. The highest BCUT2D eigenvalue weighted by Gasteiger charge is 2.40. The lowest BCUT2D eigenvalue weighted by atomic mass is 9.81. The Morgan fingerprint density at radius 3 is 2.64 bits per heavy atom. The van der Waals surface area contributed by atoms with Gasteiger partial charge in [-0.1, -0.05) is 29.8 Å². The van der Waals surface area contributed by atoms with Crippen LogP contribution >= 0.6 is 15.9 Å². The zero-order valence-corrected chi connectivity index (χ0v) is 14.7. The van der Waals surface area contributed by atoms with Gasteiger partial charge in [0.2, 0.25) is 10.0 Å². The molecule has 0 spiro atoms. The first-order chi connectivity index (χ1) is 10.1. The van der Waals surface area contributed by atoms with Gasteiger partial charge in [0, 0.05) is 29.7 Å². The zero-order chi connectivity index (χ0) is 16.7. The fraction of sp³-hybridized carbons (Fsp3) is 0.538. The third-order valence-electron chi connectivity index (χ3n) is 4.01. The molecule has 0 saturated carbocycles. The van der Waals surface area contributed by atoms with Crippen molar-refractivity contribution in [2.24, 2.45) is 11.1 Å². The van der Waals surface area contributed by atoms with E-state index in [0.717, 1.165) is 0 Å². The van der Waals surface area contributed by atoms with Crippen molar-refractivity contribution in [2.75, 3.05) is 13.1 Å². The first kappa shape index (κ1) is 17.3. The predicted molar refractivity (Wildman–Crippen MR) is 85.9 cm³/mol.